The fourth-order valence-electron chi connectivity index (χ4n) is 4.39. The molecule has 0 spiro atoms. The van der Waals surface area contributed by atoms with Crippen LogP contribution < -0.4 is 16.5 Å². The molecule has 0 aliphatic heterocycles. The molecule has 1 atom stereocenters. The standard InChI is InChI=1S/C33H41N3O4.ClH/c34-30(24-28-16-6-2-7-17-28)33(39)35-23-11-3-8-18-32(38)40-36-31(37)25-29-21-19-27(20-22-29)15-10-9-14-26-12-4-1-5-13-26;/h1-2,4-7,12-13,16-17,19-22,30H,3,8-11,14-15,18,23-25,34H2,(H,35,39)(H,36,37);1H/t30-;/m0./s1. The maximum absolute atomic E-state index is 12.2. The van der Waals surface area contributed by atoms with E-state index in [1.54, 1.807) is 0 Å². The summed E-state index contributed by atoms with van der Waals surface area (Å²) >= 11 is 0. The number of benzene rings is 3. The average Bonchev–Trinajstić information content (AvgIpc) is 2.97. The fourth-order valence-corrected chi connectivity index (χ4v) is 4.39. The molecule has 8 heteroatoms. The molecule has 0 saturated heterocycles. The van der Waals surface area contributed by atoms with E-state index in [2.05, 4.69) is 47.2 Å². The number of carbonyl (C=O) groups is 3. The van der Waals surface area contributed by atoms with Gasteiger partial charge >= 0.3 is 5.97 Å². The van der Waals surface area contributed by atoms with Gasteiger partial charge in [0.15, 0.2) is 0 Å². The van der Waals surface area contributed by atoms with Gasteiger partial charge in [-0.25, -0.2) is 4.79 Å². The summed E-state index contributed by atoms with van der Waals surface area (Å²) < 4.78 is 0. The van der Waals surface area contributed by atoms with Crippen molar-refractivity contribution < 1.29 is 19.2 Å². The lowest BCUT2D eigenvalue weighted by Crippen LogP contribution is -2.42. The van der Waals surface area contributed by atoms with Crippen LogP contribution in [-0.4, -0.2) is 30.4 Å². The second-order valence-corrected chi connectivity index (χ2v) is 10.1. The van der Waals surface area contributed by atoms with Crippen LogP contribution in [0.2, 0.25) is 0 Å². The van der Waals surface area contributed by atoms with Crippen molar-refractivity contribution >= 4 is 30.2 Å². The number of carbonyl (C=O) groups excluding carboxylic acids is 3. The Labute approximate surface area is 249 Å². The van der Waals surface area contributed by atoms with Gasteiger partial charge in [-0.05, 0) is 67.2 Å². The van der Waals surface area contributed by atoms with E-state index in [-0.39, 0.29) is 37.1 Å². The second kappa shape index (κ2) is 19.4. The average molecular weight is 580 g/mol. The number of rotatable bonds is 16. The van der Waals surface area contributed by atoms with Crippen molar-refractivity contribution in [3.05, 3.63) is 107 Å². The van der Waals surface area contributed by atoms with Gasteiger partial charge in [-0.2, -0.15) is 5.48 Å². The lowest BCUT2D eigenvalue weighted by Gasteiger charge is -2.12. The third-order valence-corrected chi connectivity index (χ3v) is 6.68. The minimum Gasteiger partial charge on any atom is -0.355 e. The van der Waals surface area contributed by atoms with Gasteiger partial charge in [-0.1, -0.05) is 91.3 Å². The molecule has 0 heterocycles. The highest BCUT2D eigenvalue weighted by molar-refractivity contribution is 5.85. The first-order valence-corrected chi connectivity index (χ1v) is 14.2. The molecule has 4 N–H and O–H groups in total. The summed E-state index contributed by atoms with van der Waals surface area (Å²) in [5, 5.41) is 2.84. The highest BCUT2D eigenvalue weighted by atomic mass is 35.5. The second-order valence-electron chi connectivity index (χ2n) is 10.1. The molecule has 0 bridgehead atoms. The quantitative estimate of drug-likeness (QED) is 0.163. The number of hydrogen-bond donors (Lipinski definition) is 3. The van der Waals surface area contributed by atoms with Crippen molar-refractivity contribution in [2.45, 2.75) is 70.3 Å². The molecular weight excluding hydrogens is 538 g/mol. The molecule has 41 heavy (non-hydrogen) atoms. The van der Waals surface area contributed by atoms with Crippen LogP contribution in [0.4, 0.5) is 0 Å². The fraction of sp³-hybridized carbons (Fsp3) is 0.364. The Kier molecular flexibility index (Phi) is 15.9. The molecule has 3 rings (SSSR count). The van der Waals surface area contributed by atoms with E-state index in [1.165, 1.54) is 11.1 Å². The SMILES string of the molecule is Cl.N[C@@H](Cc1ccccc1)C(=O)NCCCCCC(=O)ONC(=O)Cc1ccc(CCCCc2ccccc2)cc1. The highest BCUT2D eigenvalue weighted by Crippen LogP contribution is 2.11. The zero-order valence-electron chi connectivity index (χ0n) is 23.6. The topological polar surface area (TPSA) is 111 Å². The molecule has 0 unspecified atom stereocenters. The van der Waals surface area contributed by atoms with Gasteiger partial charge in [0.05, 0.1) is 12.5 Å². The van der Waals surface area contributed by atoms with Crippen molar-refractivity contribution in [2.24, 2.45) is 5.73 Å². The van der Waals surface area contributed by atoms with Gasteiger partial charge in [0, 0.05) is 13.0 Å². The Hall–Kier alpha value is -3.68. The van der Waals surface area contributed by atoms with Crippen LogP contribution in [0.25, 0.3) is 0 Å². The van der Waals surface area contributed by atoms with Crippen LogP contribution in [0.1, 0.15) is 60.8 Å². The lowest BCUT2D eigenvalue weighted by atomic mass is 10.0. The van der Waals surface area contributed by atoms with Gasteiger partial charge in [0.2, 0.25) is 5.91 Å². The number of nitrogens with one attached hydrogen (secondary N) is 2. The Balaban J connectivity index is 0.00000588. The predicted octanol–water partition coefficient (Wildman–Crippen LogP) is 5.04. The highest BCUT2D eigenvalue weighted by Gasteiger charge is 2.13. The summed E-state index contributed by atoms with van der Waals surface area (Å²) in [6, 6.07) is 27.6. The number of aryl methyl sites for hydroxylation is 2. The number of nitrogens with two attached hydrogens (primary N) is 1. The van der Waals surface area contributed by atoms with Crippen LogP contribution in [0, 0.1) is 0 Å². The van der Waals surface area contributed by atoms with Gasteiger partial charge < -0.3 is 15.9 Å². The maximum atomic E-state index is 12.2. The van der Waals surface area contributed by atoms with E-state index in [0.717, 1.165) is 49.7 Å². The molecule has 0 radical (unpaired) electrons. The summed E-state index contributed by atoms with van der Waals surface area (Å²) in [4.78, 5) is 41.1. The van der Waals surface area contributed by atoms with Crippen LogP contribution in [0.15, 0.2) is 84.9 Å². The Morgan fingerprint density at radius 2 is 1.24 bits per heavy atom. The van der Waals surface area contributed by atoms with Crippen LogP contribution in [0.3, 0.4) is 0 Å². The number of hydrogen-bond acceptors (Lipinski definition) is 5. The zero-order valence-corrected chi connectivity index (χ0v) is 24.4. The third-order valence-electron chi connectivity index (χ3n) is 6.68. The minimum atomic E-state index is -0.589. The minimum absolute atomic E-state index is 0. The van der Waals surface area contributed by atoms with E-state index in [9.17, 15) is 14.4 Å². The van der Waals surface area contributed by atoms with Crippen molar-refractivity contribution in [2.75, 3.05) is 6.54 Å². The first-order valence-electron chi connectivity index (χ1n) is 14.2. The molecule has 0 aromatic heterocycles. The van der Waals surface area contributed by atoms with Crippen LogP contribution in [-0.2, 0) is 44.9 Å². The Morgan fingerprint density at radius 3 is 1.88 bits per heavy atom. The smallest absolute Gasteiger partial charge is 0.332 e. The van der Waals surface area contributed by atoms with Crippen molar-refractivity contribution in [1.29, 1.82) is 0 Å². The van der Waals surface area contributed by atoms with Gasteiger partial charge in [-0.15, -0.1) is 12.4 Å². The van der Waals surface area contributed by atoms with Gasteiger partial charge in [-0.3, -0.25) is 9.59 Å². The maximum Gasteiger partial charge on any atom is 0.332 e. The lowest BCUT2D eigenvalue weighted by molar-refractivity contribution is -0.158. The third kappa shape index (κ3) is 14.0. The number of amides is 2. The number of halogens is 1. The monoisotopic (exact) mass is 579 g/mol. The molecule has 2 amide bonds. The van der Waals surface area contributed by atoms with E-state index < -0.39 is 12.0 Å². The Bertz CT molecular complexity index is 1170. The van der Waals surface area contributed by atoms with Gasteiger partial charge in [0.25, 0.3) is 5.91 Å². The van der Waals surface area contributed by atoms with Gasteiger partial charge in [0.1, 0.15) is 0 Å². The van der Waals surface area contributed by atoms with Crippen molar-refractivity contribution in [1.82, 2.24) is 10.8 Å². The number of hydroxylamine groups is 1. The zero-order chi connectivity index (χ0) is 28.4. The van der Waals surface area contributed by atoms with Crippen molar-refractivity contribution in [3.8, 4) is 0 Å². The first kappa shape index (κ1) is 33.5. The van der Waals surface area contributed by atoms with Crippen molar-refractivity contribution in [3.63, 3.8) is 0 Å². The van der Waals surface area contributed by atoms with Crippen LogP contribution >= 0.6 is 12.4 Å². The molecule has 7 nitrogen and oxygen atoms in total. The normalized spacial score (nSPS) is 11.1. The number of unbranched alkanes of at least 4 members (excludes halogenated alkanes) is 3. The summed E-state index contributed by atoms with van der Waals surface area (Å²) in [7, 11) is 0. The molecule has 0 aliphatic carbocycles. The van der Waals surface area contributed by atoms with E-state index >= 15 is 0 Å². The largest absolute Gasteiger partial charge is 0.355 e. The molecule has 220 valence electrons. The van der Waals surface area contributed by atoms with E-state index in [0.29, 0.717) is 19.4 Å². The molecule has 0 aliphatic rings. The molecular formula is C33H42ClN3O4. The molecule has 0 fully saturated rings. The van der Waals surface area contributed by atoms with E-state index in [1.807, 2.05) is 48.5 Å². The first-order chi connectivity index (χ1) is 19.5. The molecule has 3 aromatic rings. The molecule has 0 saturated carbocycles. The van der Waals surface area contributed by atoms with E-state index in [4.69, 9.17) is 10.6 Å². The predicted molar refractivity (Wildman–Crippen MR) is 164 cm³/mol. The summed E-state index contributed by atoms with van der Waals surface area (Å²) in [6.45, 7) is 0.500. The summed E-state index contributed by atoms with van der Waals surface area (Å²) in [5.74, 6) is -1.02. The Morgan fingerprint density at radius 1 is 0.683 bits per heavy atom. The molecule has 3 aromatic carbocycles. The summed E-state index contributed by atoms with van der Waals surface area (Å²) in [5.41, 5.74) is 12.7. The summed E-state index contributed by atoms with van der Waals surface area (Å²) in [6.07, 6.45) is 7.25. The van der Waals surface area contributed by atoms with Crippen LogP contribution in [0.5, 0.6) is 0 Å².